The van der Waals surface area contributed by atoms with Crippen LogP contribution in [0, 0.1) is 0 Å². The second-order valence-corrected chi connectivity index (χ2v) is 4.73. The lowest BCUT2D eigenvalue weighted by molar-refractivity contribution is 0.0541. The van der Waals surface area contributed by atoms with Crippen molar-refractivity contribution in [1.29, 1.82) is 0 Å². The molecule has 1 fully saturated rings. The van der Waals surface area contributed by atoms with Crippen molar-refractivity contribution in [1.82, 2.24) is 9.55 Å². The molecule has 2 unspecified atom stereocenters. The lowest BCUT2D eigenvalue weighted by atomic mass is 10.2. The van der Waals surface area contributed by atoms with E-state index in [-0.39, 0.29) is 12.1 Å². The molecule has 84 valence electrons. The van der Waals surface area contributed by atoms with Gasteiger partial charge in [0.2, 0.25) is 0 Å². The van der Waals surface area contributed by atoms with E-state index in [0.717, 1.165) is 30.5 Å². The molecule has 4 nitrogen and oxygen atoms in total. The smallest absolute Gasteiger partial charge is 0.128 e. The quantitative estimate of drug-likeness (QED) is 0.838. The summed E-state index contributed by atoms with van der Waals surface area (Å²) in [5.74, 6) is 2.98. The monoisotopic (exact) mass is 227 g/mol. The number of aromatic nitrogens is 2. The summed E-state index contributed by atoms with van der Waals surface area (Å²) in [6, 6.07) is -0.104. The minimum atomic E-state index is -0.104. The van der Waals surface area contributed by atoms with Gasteiger partial charge in [0.15, 0.2) is 0 Å². The van der Waals surface area contributed by atoms with Crippen molar-refractivity contribution in [2.24, 2.45) is 5.73 Å². The van der Waals surface area contributed by atoms with Crippen molar-refractivity contribution in [3.63, 3.8) is 0 Å². The molecule has 0 spiro atoms. The van der Waals surface area contributed by atoms with Crippen LogP contribution in [-0.2, 0) is 11.3 Å². The Kier molecular flexibility index (Phi) is 3.66. The molecule has 0 amide bonds. The number of ether oxygens (including phenoxy) is 1. The predicted molar refractivity (Wildman–Crippen MR) is 61.9 cm³/mol. The van der Waals surface area contributed by atoms with Crippen molar-refractivity contribution in [2.75, 3.05) is 18.1 Å². The molecule has 0 aliphatic carbocycles. The van der Waals surface area contributed by atoms with E-state index in [1.807, 2.05) is 18.0 Å². The summed E-state index contributed by atoms with van der Waals surface area (Å²) in [4.78, 5) is 4.31. The van der Waals surface area contributed by atoms with Crippen LogP contribution in [0.4, 0.5) is 0 Å². The largest absolute Gasteiger partial charge is 0.374 e. The van der Waals surface area contributed by atoms with Crippen LogP contribution in [0.5, 0.6) is 0 Å². The molecule has 5 heteroatoms. The first-order valence-electron chi connectivity index (χ1n) is 5.29. The Bertz CT molecular complexity index is 309. The summed E-state index contributed by atoms with van der Waals surface area (Å²) in [5.41, 5.74) is 6.17. The van der Waals surface area contributed by atoms with Gasteiger partial charge >= 0.3 is 0 Å². The van der Waals surface area contributed by atoms with Crippen LogP contribution in [0.25, 0.3) is 0 Å². The number of nitrogens with zero attached hydrogens (tertiary/aromatic N) is 2. The summed E-state index contributed by atoms with van der Waals surface area (Å²) < 4.78 is 7.74. The molecule has 0 aromatic carbocycles. The number of rotatable bonds is 3. The minimum Gasteiger partial charge on any atom is -0.374 e. The van der Waals surface area contributed by atoms with Gasteiger partial charge in [0.25, 0.3) is 0 Å². The first kappa shape index (κ1) is 11.0. The van der Waals surface area contributed by atoms with E-state index in [9.17, 15) is 0 Å². The van der Waals surface area contributed by atoms with Crippen LogP contribution < -0.4 is 5.73 Å². The number of nitrogens with two attached hydrogens (primary N) is 1. The Morgan fingerprint density at radius 2 is 2.67 bits per heavy atom. The fourth-order valence-corrected chi connectivity index (χ4v) is 2.68. The molecule has 2 rings (SSSR count). The van der Waals surface area contributed by atoms with Gasteiger partial charge < -0.3 is 15.0 Å². The summed E-state index contributed by atoms with van der Waals surface area (Å²) in [5, 5.41) is 0. The van der Waals surface area contributed by atoms with Gasteiger partial charge in [-0.1, -0.05) is 0 Å². The van der Waals surface area contributed by atoms with Crippen molar-refractivity contribution in [3.8, 4) is 0 Å². The van der Waals surface area contributed by atoms with E-state index >= 15 is 0 Å². The average Bonchev–Trinajstić information content (AvgIpc) is 2.77. The van der Waals surface area contributed by atoms with Gasteiger partial charge in [0.1, 0.15) is 5.82 Å². The Balaban J connectivity index is 2.08. The van der Waals surface area contributed by atoms with Crippen molar-refractivity contribution >= 4 is 11.8 Å². The molecule has 0 radical (unpaired) electrons. The Hall–Kier alpha value is -0.520. The number of aryl methyl sites for hydroxylation is 1. The van der Waals surface area contributed by atoms with Crippen LogP contribution in [0.15, 0.2) is 12.4 Å². The maximum absolute atomic E-state index is 6.17. The van der Waals surface area contributed by atoms with E-state index in [1.54, 1.807) is 6.20 Å². The number of hydrogen-bond donors (Lipinski definition) is 1. The highest BCUT2D eigenvalue weighted by molar-refractivity contribution is 7.99. The molecular weight excluding hydrogens is 210 g/mol. The van der Waals surface area contributed by atoms with Gasteiger partial charge in [-0.25, -0.2) is 4.98 Å². The zero-order valence-electron chi connectivity index (χ0n) is 8.93. The van der Waals surface area contributed by atoms with Crippen LogP contribution in [0.3, 0.4) is 0 Å². The zero-order chi connectivity index (χ0) is 10.7. The molecule has 1 aliphatic heterocycles. The molecule has 0 saturated carbocycles. The number of imidazole rings is 1. The molecule has 2 atom stereocenters. The first-order chi connectivity index (χ1) is 7.33. The van der Waals surface area contributed by atoms with Gasteiger partial charge in [0.05, 0.1) is 18.8 Å². The fourth-order valence-electron chi connectivity index (χ4n) is 1.77. The first-order valence-corrected chi connectivity index (χ1v) is 6.44. The maximum Gasteiger partial charge on any atom is 0.128 e. The van der Waals surface area contributed by atoms with E-state index in [4.69, 9.17) is 10.5 Å². The third kappa shape index (κ3) is 2.35. The lowest BCUT2D eigenvalue weighted by Crippen LogP contribution is -2.36. The van der Waals surface area contributed by atoms with E-state index in [2.05, 4.69) is 16.5 Å². The van der Waals surface area contributed by atoms with Gasteiger partial charge in [-0.2, -0.15) is 11.8 Å². The average molecular weight is 227 g/mol. The number of thioether (sulfide) groups is 1. The van der Waals surface area contributed by atoms with E-state index in [0.29, 0.717) is 0 Å². The van der Waals surface area contributed by atoms with Crippen LogP contribution in [0.1, 0.15) is 18.8 Å². The molecule has 2 heterocycles. The Morgan fingerprint density at radius 3 is 3.33 bits per heavy atom. The van der Waals surface area contributed by atoms with Crippen LogP contribution >= 0.6 is 11.8 Å². The van der Waals surface area contributed by atoms with E-state index in [1.165, 1.54) is 0 Å². The topological polar surface area (TPSA) is 53.1 Å². The van der Waals surface area contributed by atoms with Crippen LogP contribution in [-0.4, -0.2) is 33.8 Å². The van der Waals surface area contributed by atoms with Gasteiger partial charge in [-0.15, -0.1) is 0 Å². The second kappa shape index (κ2) is 5.01. The molecule has 15 heavy (non-hydrogen) atoms. The molecular formula is C10H17N3OS. The molecule has 1 aliphatic rings. The molecule has 1 aromatic rings. The third-order valence-electron chi connectivity index (χ3n) is 2.63. The van der Waals surface area contributed by atoms with Crippen molar-refractivity contribution in [2.45, 2.75) is 25.6 Å². The van der Waals surface area contributed by atoms with Crippen LogP contribution in [0.2, 0.25) is 0 Å². The summed E-state index contributed by atoms with van der Waals surface area (Å²) >= 11 is 1.90. The Labute approximate surface area is 94.2 Å². The molecule has 1 aromatic heterocycles. The molecule has 2 N–H and O–H groups in total. The highest BCUT2D eigenvalue weighted by Crippen LogP contribution is 2.22. The minimum absolute atomic E-state index is 0.104. The highest BCUT2D eigenvalue weighted by atomic mass is 32.2. The third-order valence-corrected chi connectivity index (χ3v) is 3.65. The predicted octanol–water partition coefficient (Wildman–Crippen LogP) is 1.03. The Morgan fingerprint density at radius 1 is 1.80 bits per heavy atom. The van der Waals surface area contributed by atoms with Crippen molar-refractivity contribution in [3.05, 3.63) is 18.2 Å². The maximum atomic E-state index is 6.17. The van der Waals surface area contributed by atoms with Gasteiger partial charge in [-0.05, 0) is 6.92 Å². The van der Waals surface area contributed by atoms with E-state index < -0.39 is 0 Å². The van der Waals surface area contributed by atoms with Crippen molar-refractivity contribution < 1.29 is 4.74 Å². The summed E-state index contributed by atoms with van der Waals surface area (Å²) in [6.45, 7) is 3.80. The lowest BCUT2D eigenvalue weighted by Gasteiger charge is -2.27. The molecule has 1 saturated heterocycles. The SMILES string of the molecule is CCn1ccnc1C(N)C1CSCCO1. The summed E-state index contributed by atoms with van der Waals surface area (Å²) in [6.07, 6.45) is 3.87. The van der Waals surface area contributed by atoms with Gasteiger partial charge in [0, 0.05) is 30.4 Å². The van der Waals surface area contributed by atoms with Gasteiger partial charge in [-0.3, -0.25) is 0 Å². The normalized spacial score (nSPS) is 24.0. The second-order valence-electron chi connectivity index (χ2n) is 3.58. The fraction of sp³-hybridized carbons (Fsp3) is 0.700. The summed E-state index contributed by atoms with van der Waals surface area (Å²) in [7, 11) is 0. The molecule has 0 bridgehead atoms. The highest BCUT2D eigenvalue weighted by Gasteiger charge is 2.25. The standard InChI is InChI=1S/C10H17N3OS/c1-2-13-4-3-12-10(13)9(11)8-7-15-6-5-14-8/h3-4,8-9H,2,5-7,11H2,1H3. The number of hydrogen-bond acceptors (Lipinski definition) is 4. The zero-order valence-corrected chi connectivity index (χ0v) is 9.74.